The van der Waals surface area contributed by atoms with Crippen LogP contribution in [0.25, 0.3) is 0 Å². The number of piperidine rings is 1. The van der Waals surface area contributed by atoms with Crippen LogP contribution in [-0.2, 0) is 0 Å². The van der Waals surface area contributed by atoms with E-state index in [1.165, 1.54) is 0 Å². The minimum Gasteiger partial charge on any atom is -0.493 e. The van der Waals surface area contributed by atoms with E-state index in [1.54, 1.807) is 19.2 Å². The number of benzene rings is 1. The molecule has 1 aliphatic heterocycles. The topological polar surface area (TPSA) is 64.8 Å². The molecule has 0 saturated carbocycles. The molecule has 2 N–H and O–H groups in total. The molecule has 24 heavy (non-hydrogen) atoms. The summed E-state index contributed by atoms with van der Waals surface area (Å²) in [5.41, 5.74) is 6.46. The van der Waals surface area contributed by atoms with Crippen molar-refractivity contribution in [2.75, 3.05) is 26.8 Å². The van der Waals surface area contributed by atoms with Gasteiger partial charge in [-0.25, -0.2) is 0 Å². The Morgan fingerprint density at radius 1 is 1.46 bits per heavy atom. The predicted molar refractivity (Wildman–Crippen MR) is 101 cm³/mol. The van der Waals surface area contributed by atoms with Crippen molar-refractivity contribution in [2.24, 2.45) is 11.7 Å². The summed E-state index contributed by atoms with van der Waals surface area (Å²) < 4.78 is 11.7. The van der Waals surface area contributed by atoms with Crippen molar-refractivity contribution in [1.29, 1.82) is 0 Å². The standard InChI is InChI=1S/C17H25BrN2O3.ClH/c1-4-23-16-14(18)8-12(9-15(16)22-3)17(21)20-6-5-11(2)7-13(20)10-19;/h8-9,11,13H,4-7,10,19H2,1-3H3;1H. The fourth-order valence-electron chi connectivity index (χ4n) is 3.04. The smallest absolute Gasteiger partial charge is 0.254 e. The Hall–Kier alpha value is -0.980. The van der Waals surface area contributed by atoms with Crippen LogP contribution in [0.1, 0.15) is 37.0 Å². The Bertz CT molecular complexity index is 571. The maximum atomic E-state index is 12.9. The van der Waals surface area contributed by atoms with Crippen LogP contribution in [0.3, 0.4) is 0 Å². The summed E-state index contributed by atoms with van der Waals surface area (Å²) in [5, 5.41) is 0. The van der Waals surface area contributed by atoms with Gasteiger partial charge in [0.2, 0.25) is 0 Å². The normalized spacial score (nSPS) is 20.3. The molecular weight excluding hydrogens is 396 g/mol. The third kappa shape index (κ3) is 4.55. The molecule has 0 aromatic heterocycles. The second kappa shape index (κ2) is 9.49. The SMILES string of the molecule is CCOc1c(Br)cc(C(=O)N2CCC(C)CC2CN)cc1OC.Cl. The highest BCUT2D eigenvalue weighted by Gasteiger charge is 2.30. The molecule has 0 radical (unpaired) electrons. The molecule has 0 spiro atoms. The number of halogens is 2. The van der Waals surface area contributed by atoms with E-state index >= 15 is 0 Å². The van der Waals surface area contributed by atoms with E-state index in [0.29, 0.717) is 36.1 Å². The summed E-state index contributed by atoms with van der Waals surface area (Å²) >= 11 is 3.47. The Labute approximate surface area is 158 Å². The molecule has 1 aromatic rings. The van der Waals surface area contributed by atoms with Crippen molar-refractivity contribution >= 4 is 34.2 Å². The first kappa shape index (κ1) is 21.1. The summed E-state index contributed by atoms with van der Waals surface area (Å²) in [7, 11) is 1.57. The van der Waals surface area contributed by atoms with Crippen molar-refractivity contribution in [3.05, 3.63) is 22.2 Å². The van der Waals surface area contributed by atoms with Gasteiger partial charge in [-0.05, 0) is 53.7 Å². The third-order valence-corrected chi connectivity index (χ3v) is 4.87. The zero-order valence-electron chi connectivity index (χ0n) is 14.4. The first-order chi connectivity index (χ1) is 11.0. The molecule has 1 fully saturated rings. The van der Waals surface area contributed by atoms with Crippen LogP contribution in [0.15, 0.2) is 16.6 Å². The number of carbonyl (C=O) groups excluding carboxylic acids is 1. The molecule has 0 bridgehead atoms. The lowest BCUT2D eigenvalue weighted by Gasteiger charge is -2.38. The lowest BCUT2D eigenvalue weighted by atomic mass is 9.92. The third-order valence-electron chi connectivity index (χ3n) is 4.28. The fraction of sp³-hybridized carbons (Fsp3) is 0.588. The lowest BCUT2D eigenvalue weighted by molar-refractivity contribution is 0.0573. The van der Waals surface area contributed by atoms with Crippen molar-refractivity contribution < 1.29 is 14.3 Å². The molecule has 136 valence electrons. The van der Waals surface area contributed by atoms with E-state index in [0.717, 1.165) is 23.9 Å². The van der Waals surface area contributed by atoms with Crippen LogP contribution in [0, 0.1) is 5.92 Å². The van der Waals surface area contributed by atoms with Crippen molar-refractivity contribution in [3.63, 3.8) is 0 Å². The maximum Gasteiger partial charge on any atom is 0.254 e. The number of carbonyl (C=O) groups is 1. The summed E-state index contributed by atoms with van der Waals surface area (Å²) in [6.45, 7) is 5.88. The molecule has 2 atom stereocenters. The van der Waals surface area contributed by atoms with E-state index in [-0.39, 0.29) is 24.4 Å². The van der Waals surface area contributed by atoms with Crippen LogP contribution in [0.4, 0.5) is 0 Å². The van der Waals surface area contributed by atoms with Crippen LogP contribution in [0.2, 0.25) is 0 Å². The Kier molecular flexibility index (Phi) is 8.33. The molecule has 1 aromatic carbocycles. The zero-order chi connectivity index (χ0) is 17.0. The van der Waals surface area contributed by atoms with E-state index < -0.39 is 0 Å². The van der Waals surface area contributed by atoms with Gasteiger partial charge in [0.25, 0.3) is 5.91 Å². The van der Waals surface area contributed by atoms with Crippen molar-refractivity contribution in [2.45, 2.75) is 32.7 Å². The Morgan fingerprint density at radius 2 is 2.17 bits per heavy atom. The summed E-state index contributed by atoms with van der Waals surface area (Å²) in [6, 6.07) is 3.63. The second-order valence-electron chi connectivity index (χ2n) is 5.94. The minimum absolute atomic E-state index is 0. The quantitative estimate of drug-likeness (QED) is 0.790. The first-order valence-corrected chi connectivity index (χ1v) is 8.82. The second-order valence-corrected chi connectivity index (χ2v) is 6.79. The number of nitrogens with two attached hydrogens (primary N) is 1. The average Bonchev–Trinajstić information content (AvgIpc) is 2.55. The molecule has 7 heteroatoms. The Balaban J connectivity index is 0.00000288. The number of ether oxygens (including phenoxy) is 2. The molecular formula is C17H26BrClN2O3. The van der Waals surface area contributed by atoms with Gasteiger partial charge < -0.3 is 20.1 Å². The number of hydrogen-bond acceptors (Lipinski definition) is 4. The molecule has 1 heterocycles. The van der Waals surface area contributed by atoms with Gasteiger partial charge in [-0.3, -0.25) is 4.79 Å². The van der Waals surface area contributed by atoms with Gasteiger partial charge in [0.1, 0.15) is 0 Å². The van der Waals surface area contributed by atoms with Gasteiger partial charge in [0, 0.05) is 24.7 Å². The molecule has 5 nitrogen and oxygen atoms in total. The average molecular weight is 422 g/mol. The van der Waals surface area contributed by atoms with Crippen LogP contribution >= 0.6 is 28.3 Å². The maximum absolute atomic E-state index is 12.9. The highest BCUT2D eigenvalue weighted by atomic mass is 79.9. The van der Waals surface area contributed by atoms with Gasteiger partial charge >= 0.3 is 0 Å². The molecule has 2 unspecified atom stereocenters. The number of rotatable bonds is 5. The van der Waals surface area contributed by atoms with Crippen molar-refractivity contribution in [3.8, 4) is 11.5 Å². The molecule has 0 aliphatic carbocycles. The van der Waals surface area contributed by atoms with E-state index in [2.05, 4.69) is 22.9 Å². The highest BCUT2D eigenvalue weighted by molar-refractivity contribution is 9.10. The number of amides is 1. The number of nitrogens with zero attached hydrogens (tertiary/aromatic N) is 1. The highest BCUT2D eigenvalue weighted by Crippen LogP contribution is 2.37. The number of hydrogen-bond donors (Lipinski definition) is 1. The van der Waals surface area contributed by atoms with E-state index in [1.807, 2.05) is 11.8 Å². The van der Waals surface area contributed by atoms with Crippen molar-refractivity contribution in [1.82, 2.24) is 4.90 Å². The minimum atomic E-state index is -0.00519. The summed E-state index contributed by atoms with van der Waals surface area (Å²) in [4.78, 5) is 14.8. The molecule has 2 rings (SSSR count). The van der Waals surface area contributed by atoms with E-state index in [9.17, 15) is 4.79 Å². The van der Waals surface area contributed by atoms with Gasteiger partial charge in [0.05, 0.1) is 18.2 Å². The van der Waals surface area contributed by atoms with Gasteiger partial charge in [0.15, 0.2) is 11.5 Å². The molecule has 1 amide bonds. The van der Waals surface area contributed by atoms with Crippen LogP contribution in [-0.4, -0.2) is 43.7 Å². The van der Waals surface area contributed by atoms with E-state index in [4.69, 9.17) is 15.2 Å². The molecule has 1 aliphatic rings. The lowest BCUT2D eigenvalue weighted by Crippen LogP contribution is -2.49. The van der Waals surface area contributed by atoms with Gasteiger partial charge in [-0.15, -0.1) is 12.4 Å². The number of methoxy groups -OCH3 is 1. The summed E-state index contributed by atoms with van der Waals surface area (Å²) in [5.74, 6) is 1.78. The largest absolute Gasteiger partial charge is 0.493 e. The Morgan fingerprint density at radius 3 is 2.75 bits per heavy atom. The summed E-state index contributed by atoms with van der Waals surface area (Å²) in [6.07, 6.45) is 1.97. The van der Waals surface area contributed by atoms with Crippen LogP contribution in [0.5, 0.6) is 11.5 Å². The molecule has 1 saturated heterocycles. The van der Waals surface area contributed by atoms with Gasteiger partial charge in [-0.2, -0.15) is 0 Å². The first-order valence-electron chi connectivity index (χ1n) is 8.03. The van der Waals surface area contributed by atoms with Crippen LogP contribution < -0.4 is 15.2 Å². The van der Waals surface area contributed by atoms with Gasteiger partial charge in [-0.1, -0.05) is 6.92 Å². The zero-order valence-corrected chi connectivity index (χ0v) is 16.8. The monoisotopic (exact) mass is 420 g/mol. The fourth-order valence-corrected chi connectivity index (χ4v) is 3.59. The predicted octanol–water partition coefficient (Wildman–Crippen LogP) is 3.48. The number of likely N-dealkylation sites (tertiary alicyclic amines) is 1.